The molecule has 0 fully saturated rings. The highest BCUT2D eigenvalue weighted by molar-refractivity contribution is 6.32. The SMILES string of the molecule is C.Clc1ccc2oc3cc4cc5oc6ccc(Cl)cc6c5cc4cc3c2c1.c1ccc(Cc2ccccc2)cc1.c1ccc(N(c2ccccc2)c2ccc3oc4cc5cc6oc7ccc(N(c8ccccc8)c8ccccc8)cc7c6cc5cc4c3c2)cc1. The summed E-state index contributed by atoms with van der Waals surface area (Å²) < 4.78 is 24.9. The van der Waals surface area contributed by atoms with Gasteiger partial charge in [-0.1, -0.05) is 164 Å². The molecule has 18 aromatic rings. The third kappa shape index (κ3) is 10.6. The van der Waals surface area contributed by atoms with Gasteiger partial charge in [0.25, 0.3) is 0 Å². The number of furan rings is 4. The predicted molar refractivity (Wildman–Crippen MR) is 379 cm³/mol. The lowest BCUT2D eigenvalue weighted by Crippen LogP contribution is -2.09. The fourth-order valence-electron chi connectivity index (χ4n) is 12.4. The molecule has 0 aliphatic rings. The molecule has 6 nitrogen and oxygen atoms in total. The minimum atomic E-state index is 0. The van der Waals surface area contributed by atoms with E-state index in [1.165, 1.54) is 11.1 Å². The van der Waals surface area contributed by atoms with Crippen LogP contribution in [0.5, 0.6) is 0 Å². The minimum absolute atomic E-state index is 0. The summed E-state index contributed by atoms with van der Waals surface area (Å²) in [4.78, 5) is 4.57. The number of benzene rings is 14. The molecule has 4 aromatic heterocycles. The van der Waals surface area contributed by atoms with Crippen LogP contribution in [0.15, 0.2) is 321 Å². The zero-order valence-corrected chi connectivity index (χ0v) is 49.4. The van der Waals surface area contributed by atoms with Crippen LogP contribution in [-0.4, -0.2) is 0 Å². The summed E-state index contributed by atoms with van der Waals surface area (Å²) in [5.41, 5.74) is 16.1. The van der Waals surface area contributed by atoms with Crippen LogP contribution in [-0.2, 0) is 6.42 Å². The van der Waals surface area contributed by atoms with Crippen molar-refractivity contribution in [3.05, 3.63) is 324 Å². The first-order valence-corrected chi connectivity index (χ1v) is 30.4. The number of hydrogen-bond acceptors (Lipinski definition) is 6. The highest BCUT2D eigenvalue weighted by Gasteiger charge is 2.20. The van der Waals surface area contributed by atoms with E-state index < -0.39 is 0 Å². The molecule has 4 heterocycles. The van der Waals surface area contributed by atoms with E-state index >= 15 is 0 Å². The highest BCUT2D eigenvalue weighted by atomic mass is 35.5. The summed E-state index contributed by atoms with van der Waals surface area (Å²) >= 11 is 12.3. The summed E-state index contributed by atoms with van der Waals surface area (Å²) in [6.45, 7) is 0. The number of nitrogens with zero attached hydrogens (tertiary/aromatic N) is 2. The summed E-state index contributed by atoms with van der Waals surface area (Å²) in [7, 11) is 0. The first-order chi connectivity index (χ1) is 43.9. The summed E-state index contributed by atoms with van der Waals surface area (Å²) in [5, 5.41) is 14.3. The Hall–Kier alpha value is -11.0. The van der Waals surface area contributed by atoms with Crippen LogP contribution in [0.1, 0.15) is 18.6 Å². The monoisotopic (exact) mass is 1200 g/mol. The van der Waals surface area contributed by atoms with Gasteiger partial charge in [-0.25, -0.2) is 0 Å². The summed E-state index contributed by atoms with van der Waals surface area (Å²) in [5.74, 6) is 0. The molecule has 432 valence electrons. The number of hydrogen-bond donors (Lipinski definition) is 0. The molecule has 90 heavy (non-hydrogen) atoms. The molecular weight excluding hydrogens is 1150 g/mol. The third-order valence-electron chi connectivity index (χ3n) is 16.6. The zero-order valence-electron chi connectivity index (χ0n) is 47.9. The van der Waals surface area contributed by atoms with Crippen LogP contribution in [0.25, 0.3) is 109 Å². The second-order valence-electron chi connectivity index (χ2n) is 22.3. The lowest BCUT2D eigenvalue weighted by atomic mass is 10.0. The number of rotatable bonds is 8. The van der Waals surface area contributed by atoms with Crippen molar-refractivity contribution in [3.63, 3.8) is 0 Å². The molecule has 0 spiro atoms. The fraction of sp³-hybridized carbons (Fsp3) is 0.0244. The largest absolute Gasteiger partial charge is 0.456 e. The van der Waals surface area contributed by atoms with Crippen LogP contribution in [0, 0.1) is 0 Å². The molecule has 8 heteroatoms. The van der Waals surface area contributed by atoms with Crippen molar-refractivity contribution >= 4 is 167 Å². The van der Waals surface area contributed by atoms with Gasteiger partial charge in [0, 0.05) is 87.3 Å². The quantitative estimate of drug-likeness (QED) is 0.151. The summed E-state index contributed by atoms with van der Waals surface area (Å²) in [6.07, 6.45) is 1.03. The molecule has 0 atom stereocenters. The highest BCUT2D eigenvalue weighted by Crippen LogP contribution is 2.44. The smallest absolute Gasteiger partial charge is 0.136 e. The molecule has 14 aromatic carbocycles. The van der Waals surface area contributed by atoms with Crippen LogP contribution >= 0.6 is 23.2 Å². The average Bonchev–Trinajstić information content (AvgIpc) is 1.89. The van der Waals surface area contributed by atoms with Gasteiger partial charge >= 0.3 is 0 Å². The van der Waals surface area contributed by atoms with E-state index in [0.717, 1.165) is 150 Å². The van der Waals surface area contributed by atoms with Crippen LogP contribution in [0.3, 0.4) is 0 Å². The standard InChI is InChI=1S/C46H30N2O2.C22H10Cl2O2.C13H12.CH4/c1-5-13-33(14-6-1)47(34-15-7-2-8-16-34)37-21-23-43-41(29-37)39-25-31-26-40-42-30-38(22-24-44(42)50-46(40)28-32(31)27-45(39)49-43)48(35-17-9-3-10-18-35)36-19-11-4-12-20-36;23-13-1-3-19-17(9-13)15-5-11-6-16-18-10-14(24)2-4-20(18)26-22(16)8-12(11)7-21(15)25-19;1-3-7-12(8-4-1)11-13-9-5-2-6-10-13;/h1-30H;1-10H;1-10H,11H2;1H4. The summed E-state index contributed by atoms with van der Waals surface area (Å²) in [6, 6.07) is 105. The lowest BCUT2D eigenvalue weighted by molar-refractivity contribution is 0.668. The van der Waals surface area contributed by atoms with E-state index in [4.69, 9.17) is 40.9 Å². The van der Waals surface area contributed by atoms with Crippen molar-refractivity contribution in [2.45, 2.75) is 13.8 Å². The van der Waals surface area contributed by atoms with Gasteiger partial charge in [0.15, 0.2) is 0 Å². The molecule has 0 radical (unpaired) electrons. The van der Waals surface area contributed by atoms with Gasteiger partial charge in [-0.15, -0.1) is 0 Å². The molecule has 0 amide bonds. The van der Waals surface area contributed by atoms with Crippen molar-refractivity contribution in [2.75, 3.05) is 9.80 Å². The molecular formula is C82H56Cl2N2O4. The molecule has 0 aliphatic carbocycles. The Bertz CT molecular complexity index is 5190. The maximum absolute atomic E-state index is 6.45. The van der Waals surface area contributed by atoms with Crippen molar-refractivity contribution < 1.29 is 17.7 Å². The second-order valence-corrected chi connectivity index (χ2v) is 23.2. The lowest BCUT2D eigenvalue weighted by Gasteiger charge is -2.25. The molecule has 0 bridgehead atoms. The molecule has 0 saturated carbocycles. The van der Waals surface area contributed by atoms with E-state index in [1.54, 1.807) is 0 Å². The Morgan fingerprint density at radius 3 is 0.767 bits per heavy atom. The van der Waals surface area contributed by atoms with Gasteiger partial charge in [0.1, 0.15) is 44.7 Å². The number of fused-ring (bicyclic) bond motifs is 14. The van der Waals surface area contributed by atoms with Gasteiger partial charge in [0.05, 0.1) is 0 Å². The van der Waals surface area contributed by atoms with Gasteiger partial charge in [-0.2, -0.15) is 0 Å². The Balaban J connectivity index is 0.000000139. The molecule has 0 unspecified atom stereocenters. The number of anilines is 6. The molecule has 0 N–H and O–H groups in total. The maximum atomic E-state index is 6.45. The number of para-hydroxylation sites is 4. The third-order valence-corrected chi connectivity index (χ3v) is 17.1. The second kappa shape index (κ2) is 23.6. The Morgan fingerprint density at radius 2 is 0.467 bits per heavy atom. The van der Waals surface area contributed by atoms with Gasteiger partial charge in [-0.05, 0) is 209 Å². The van der Waals surface area contributed by atoms with Gasteiger partial charge in [0.2, 0.25) is 0 Å². The number of halogens is 2. The van der Waals surface area contributed by atoms with Crippen molar-refractivity contribution in [3.8, 4) is 0 Å². The van der Waals surface area contributed by atoms with Gasteiger partial charge in [-0.3, -0.25) is 0 Å². The predicted octanol–water partition coefficient (Wildman–Crippen LogP) is 25.4. The van der Waals surface area contributed by atoms with E-state index in [1.807, 2.05) is 60.7 Å². The van der Waals surface area contributed by atoms with E-state index in [2.05, 4.69) is 252 Å². The molecule has 0 saturated heterocycles. The minimum Gasteiger partial charge on any atom is -0.456 e. The molecule has 0 aliphatic heterocycles. The first-order valence-electron chi connectivity index (χ1n) is 29.6. The van der Waals surface area contributed by atoms with E-state index in [0.29, 0.717) is 10.0 Å². The molecule has 18 rings (SSSR count). The Labute approximate surface area is 529 Å². The zero-order chi connectivity index (χ0) is 59.4. The Kier molecular flexibility index (Phi) is 14.6. The maximum Gasteiger partial charge on any atom is 0.136 e. The van der Waals surface area contributed by atoms with Crippen LogP contribution in [0.2, 0.25) is 10.0 Å². The van der Waals surface area contributed by atoms with Crippen LogP contribution < -0.4 is 9.80 Å². The van der Waals surface area contributed by atoms with Gasteiger partial charge < -0.3 is 27.5 Å². The normalized spacial score (nSPS) is 11.4. The van der Waals surface area contributed by atoms with Crippen LogP contribution in [0.4, 0.5) is 34.1 Å². The van der Waals surface area contributed by atoms with Crippen molar-refractivity contribution in [2.24, 2.45) is 0 Å². The average molecular weight is 1200 g/mol. The van der Waals surface area contributed by atoms with Crippen molar-refractivity contribution in [1.29, 1.82) is 0 Å². The van der Waals surface area contributed by atoms with E-state index in [9.17, 15) is 0 Å². The fourth-order valence-corrected chi connectivity index (χ4v) is 12.8. The van der Waals surface area contributed by atoms with E-state index in [-0.39, 0.29) is 7.43 Å². The first kappa shape index (κ1) is 55.6. The Morgan fingerprint density at radius 1 is 0.222 bits per heavy atom. The topological polar surface area (TPSA) is 59.0 Å². The van der Waals surface area contributed by atoms with Crippen molar-refractivity contribution in [1.82, 2.24) is 0 Å².